The second kappa shape index (κ2) is 6.11. The molecule has 6 heteroatoms. The number of aliphatic hydroxyl groups excluding tert-OH is 1. The van der Waals surface area contributed by atoms with Crippen LogP contribution < -0.4 is 0 Å². The van der Waals surface area contributed by atoms with E-state index in [4.69, 9.17) is 9.47 Å². The maximum atomic E-state index is 12.3. The topological polar surface area (TPSA) is 74.8 Å². The van der Waals surface area contributed by atoms with Crippen molar-refractivity contribution in [3.8, 4) is 0 Å². The van der Waals surface area contributed by atoms with Crippen LogP contribution in [-0.2, 0) is 20.7 Å². The fraction of sp³-hybridized carbons (Fsp3) is 0.476. The van der Waals surface area contributed by atoms with Gasteiger partial charge in [0.15, 0.2) is 0 Å². The van der Waals surface area contributed by atoms with Crippen LogP contribution in [0, 0.1) is 11.8 Å². The number of aromatic nitrogens is 1. The Morgan fingerprint density at radius 3 is 3.00 bits per heavy atom. The molecule has 3 aliphatic rings. The molecule has 0 spiro atoms. The summed E-state index contributed by atoms with van der Waals surface area (Å²) in [5.41, 5.74) is 3.91. The van der Waals surface area contributed by atoms with E-state index in [0.29, 0.717) is 5.57 Å². The molecule has 1 saturated heterocycles. The van der Waals surface area contributed by atoms with Crippen LogP contribution >= 0.6 is 0 Å². The van der Waals surface area contributed by atoms with Crippen LogP contribution in [0.5, 0.6) is 0 Å². The van der Waals surface area contributed by atoms with Crippen molar-refractivity contribution in [1.82, 2.24) is 9.88 Å². The lowest BCUT2D eigenvalue weighted by Gasteiger charge is -2.51. The molecular formula is C21H24N2O4. The number of carbonyl (C=O) groups is 1. The van der Waals surface area contributed by atoms with Crippen LogP contribution in [0.25, 0.3) is 10.9 Å². The molecule has 1 aromatic carbocycles. The van der Waals surface area contributed by atoms with Gasteiger partial charge < -0.3 is 19.6 Å². The molecule has 4 heterocycles. The molecule has 142 valence electrons. The number of hydrogen-bond donors (Lipinski definition) is 2. The van der Waals surface area contributed by atoms with Crippen molar-refractivity contribution >= 4 is 16.9 Å². The smallest absolute Gasteiger partial charge is 0.337 e. The Morgan fingerprint density at radius 1 is 1.37 bits per heavy atom. The summed E-state index contributed by atoms with van der Waals surface area (Å²) in [6.07, 6.45) is 1.69. The highest BCUT2D eigenvalue weighted by molar-refractivity contribution is 5.89. The number of H-pyrrole nitrogens is 1. The first-order chi connectivity index (χ1) is 13.1. The SMILES string of the molecule is COC(=O)C1=COC(C)C2CN3CCc4c([nH]c5ccccc45)C3C(O)C12. The van der Waals surface area contributed by atoms with Gasteiger partial charge in [-0.15, -0.1) is 0 Å². The monoisotopic (exact) mass is 368 g/mol. The van der Waals surface area contributed by atoms with Gasteiger partial charge in [0, 0.05) is 41.5 Å². The van der Waals surface area contributed by atoms with Crippen LogP contribution in [0.1, 0.15) is 24.2 Å². The zero-order valence-electron chi connectivity index (χ0n) is 15.5. The van der Waals surface area contributed by atoms with E-state index in [0.717, 1.165) is 30.7 Å². The van der Waals surface area contributed by atoms with Crippen molar-refractivity contribution in [3.63, 3.8) is 0 Å². The maximum Gasteiger partial charge on any atom is 0.337 e. The second-order valence-electron chi connectivity index (χ2n) is 7.84. The van der Waals surface area contributed by atoms with E-state index in [1.54, 1.807) is 0 Å². The number of para-hydroxylation sites is 1. The summed E-state index contributed by atoms with van der Waals surface area (Å²) >= 11 is 0. The molecule has 0 amide bonds. The van der Waals surface area contributed by atoms with E-state index in [2.05, 4.69) is 28.1 Å². The van der Waals surface area contributed by atoms with Crippen LogP contribution in [0.15, 0.2) is 36.1 Å². The average molecular weight is 368 g/mol. The lowest BCUT2D eigenvalue weighted by Crippen LogP contribution is -2.58. The van der Waals surface area contributed by atoms with E-state index in [9.17, 15) is 9.90 Å². The maximum absolute atomic E-state index is 12.3. The molecule has 6 nitrogen and oxygen atoms in total. The molecule has 3 aliphatic heterocycles. The van der Waals surface area contributed by atoms with Gasteiger partial charge in [0.25, 0.3) is 0 Å². The van der Waals surface area contributed by atoms with Gasteiger partial charge >= 0.3 is 5.97 Å². The Hall–Kier alpha value is -2.31. The first-order valence-electron chi connectivity index (χ1n) is 9.55. The van der Waals surface area contributed by atoms with Gasteiger partial charge in [-0.05, 0) is 25.0 Å². The fourth-order valence-corrected chi connectivity index (χ4v) is 5.26. The van der Waals surface area contributed by atoms with Crippen LogP contribution in [0.2, 0.25) is 0 Å². The molecule has 1 aromatic heterocycles. The third kappa shape index (κ3) is 2.36. The number of aliphatic hydroxyl groups is 1. The second-order valence-corrected chi connectivity index (χ2v) is 7.84. The van der Waals surface area contributed by atoms with Crippen molar-refractivity contribution in [2.24, 2.45) is 11.8 Å². The summed E-state index contributed by atoms with van der Waals surface area (Å²) < 4.78 is 10.7. The molecule has 2 N–H and O–H groups in total. The highest BCUT2D eigenvalue weighted by atomic mass is 16.5. The molecule has 27 heavy (non-hydrogen) atoms. The van der Waals surface area contributed by atoms with Gasteiger partial charge in [0.05, 0.1) is 37.2 Å². The first-order valence-corrected chi connectivity index (χ1v) is 9.55. The number of nitrogens with zero attached hydrogens (tertiary/aromatic N) is 1. The number of ether oxygens (including phenoxy) is 2. The number of nitrogens with one attached hydrogen (secondary N) is 1. The number of carbonyl (C=O) groups excluding carboxylic acids is 1. The summed E-state index contributed by atoms with van der Waals surface area (Å²) in [6, 6.07) is 8.13. The normalized spacial score (nSPS) is 32.7. The van der Waals surface area contributed by atoms with E-state index in [1.165, 1.54) is 24.3 Å². The number of aromatic amines is 1. The van der Waals surface area contributed by atoms with Gasteiger partial charge in [-0.3, -0.25) is 4.90 Å². The molecule has 5 atom stereocenters. The van der Waals surface area contributed by atoms with E-state index in [1.807, 2.05) is 13.0 Å². The minimum absolute atomic E-state index is 0.0527. The predicted molar refractivity (Wildman–Crippen MR) is 99.9 cm³/mol. The standard InChI is InChI=1S/C21H24N2O4/c1-11-14-9-23-8-7-13-12-5-3-4-6-16(12)22-18(13)19(23)20(24)17(14)15(10-27-11)21(25)26-2/h3-6,10-11,14,17,19-20,22,24H,7-9H2,1-2H3. The van der Waals surface area contributed by atoms with Gasteiger partial charge in [-0.1, -0.05) is 18.2 Å². The highest BCUT2D eigenvalue weighted by Crippen LogP contribution is 2.47. The van der Waals surface area contributed by atoms with E-state index in [-0.39, 0.29) is 24.0 Å². The Labute approximate surface area is 157 Å². The fourth-order valence-electron chi connectivity index (χ4n) is 5.26. The van der Waals surface area contributed by atoms with Crippen LogP contribution in [0.4, 0.5) is 0 Å². The van der Waals surface area contributed by atoms with Gasteiger partial charge in [-0.2, -0.15) is 0 Å². The number of piperidine rings is 1. The zero-order chi connectivity index (χ0) is 18.7. The number of fused-ring (bicyclic) bond motifs is 6. The number of esters is 1. The summed E-state index contributed by atoms with van der Waals surface area (Å²) in [4.78, 5) is 18.2. The molecule has 5 unspecified atom stereocenters. The number of benzene rings is 1. The van der Waals surface area contributed by atoms with Crippen molar-refractivity contribution in [3.05, 3.63) is 47.4 Å². The molecule has 0 bridgehead atoms. The molecule has 0 aliphatic carbocycles. The average Bonchev–Trinajstić information content (AvgIpc) is 3.06. The summed E-state index contributed by atoms with van der Waals surface area (Å²) in [7, 11) is 1.37. The number of hydrogen-bond acceptors (Lipinski definition) is 5. The number of rotatable bonds is 1. The Kier molecular flexibility index (Phi) is 3.81. The van der Waals surface area contributed by atoms with E-state index >= 15 is 0 Å². The largest absolute Gasteiger partial charge is 0.497 e. The Morgan fingerprint density at radius 2 is 2.19 bits per heavy atom. The van der Waals surface area contributed by atoms with Crippen LogP contribution in [-0.4, -0.2) is 53.4 Å². The van der Waals surface area contributed by atoms with Crippen LogP contribution in [0.3, 0.4) is 0 Å². The molecule has 0 saturated carbocycles. The lowest BCUT2D eigenvalue weighted by atomic mass is 9.70. The van der Waals surface area contributed by atoms with Crippen molar-refractivity contribution in [2.75, 3.05) is 20.2 Å². The van der Waals surface area contributed by atoms with Crippen molar-refractivity contribution in [2.45, 2.75) is 31.6 Å². The predicted octanol–water partition coefficient (Wildman–Crippen LogP) is 2.15. The molecule has 2 aromatic rings. The third-order valence-electron chi connectivity index (χ3n) is 6.58. The quantitative estimate of drug-likeness (QED) is 0.755. The minimum Gasteiger partial charge on any atom is -0.497 e. The number of methoxy groups -OCH3 is 1. The van der Waals surface area contributed by atoms with Gasteiger partial charge in [-0.25, -0.2) is 4.79 Å². The Balaban J connectivity index is 1.60. The third-order valence-corrected chi connectivity index (χ3v) is 6.58. The minimum atomic E-state index is -0.701. The van der Waals surface area contributed by atoms with Crippen molar-refractivity contribution < 1.29 is 19.4 Å². The van der Waals surface area contributed by atoms with Crippen molar-refractivity contribution in [1.29, 1.82) is 0 Å². The molecule has 1 fully saturated rings. The summed E-state index contributed by atoms with van der Waals surface area (Å²) in [5.74, 6) is -0.654. The highest BCUT2D eigenvalue weighted by Gasteiger charge is 2.52. The van der Waals surface area contributed by atoms with Gasteiger partial charge in [0.1, 0.15) is 0 Å². The summed E-state index contributed by atoms with van der Waals surface area (Å²) in [5, 5.41) is 12.7. The summed E-state index contributed by atoms with van der Waals surface area (Å²) in [6.45, 7) is 3.69. The van der Waals surface area contributed by atoms with E-state index < -0.39 is 12.1 Å². The molecule has 0 radical (unpaired) electrons. The Bertz CT molecular complexity index is 933. The zero-order valence-corrected chi connectivity index (χ0v) is 15.5. The van der Waals surface area contributed by atoms with Gasteiger partial charge in [0.2, 0.25) is 0 Å². The molecule has 5 rings (SSSR count). The molecular weight excluding hydrogens is 344 g/mol. The first kappa shape index (κ1) is 16.8. The lowest BCUT2D eigenvalue weighted by molar-refractivity contribution is -0.143.